The van der Waals surface area contributed by atoms with Gasteiger partial charge in [0.1, 0.15) is 5.82 Å². The maximum atomic E-state index is 10.6. The Morgan fingerprint density at radius 1 is 1.38 bits per heavy atom. The molecule has 0 aromatic carbocycles. The molecule has 0 radical (unpaired) electrons. The van der Waals surface area contributed by atoms with E-state index in [0.717, 1.165) is 0 Å². The number of aromatic nitrogens is 1. The Hall–Kier alpha value is -1.62. The molecule has 13 heavy (non-hydrogen) atoms. The van der Waals surface area contributed by atoms with Crippen LogP contribution in [0.5, 0.6) is 0 Å². The minimum absolute atomic E-state index is 0. The molecule has 0 saturated carbocycles. The van der Waals surface area contributed by atoms with Crippen molar-refractivity contribution < 1.29 is 14.7 Å². The van der Waals surface area contributed by atoms with Crippen molar-refractivity contribution >= 4 is 30.1 Å². The van der Waals surface area contributed by atoms with E-state index in [0.29, 0.717) is 0 Å². The second-order valence-electron chi connectivity index (χ2n) is 1.97. The summed E-state index contributed by atoms with van der Waals surface area (Å²) in [6, 6.07) is 4.81. The molecule has 2 N–H and O–H groups in total. The average Bonchev–Trinajstić information content (AvgIpc) is 2.06. The van der Waals surface area contributed by atoms with Crippen LogP contribution >= 0.6 is 12.4 Å². The van der Waals surface area contributed by atoms with Crippen LogP contribution in [0, 0.1) is 0 Å². The third-order valence-electron chi connectivity index (χ3n) is 1.10. The minimum atomic E-state index is -1.53. The molecule has 0 spiro atoms. The summed E-state index contributed by atoms with van der Waals surface area (Å²) in [7, 11) is 0. The molecule has 1 aromatic rings. The maximum Gasteiger partial charge on any atom is 0.394 e. The fourth-order valence-electron chi connectivity index (χ4n) is 0.606. The van der Waals surface area contributed by atoms with Gasteiger partial charge >= 0.3 is 11.9 Å². The molecule has 0 atom stereocenters. The molecule has 1 amide bonds. The predicted octanol–water partition coefficient (Wildman–Crippen LogP) is 0.526. The number of carboxylic acids is 1. The molecule has 0 aliphatic carbocycles. The normalized spacial score (nSPS) is 8.31. The van der Waals surface area contributed by atoms with Crippen LogP contribution in [-0.2, 0) is 9.59 Å². The standard InChI is InChI=1S/C7H6N2O3.ClH/c10-6(7(11)12)9-5-3-1-2-4-8-5;/h1-4H,(H,11,12)(H,8,9,10);1H. The van der Waals surface area contributed by atoms with Crippen LogP contribution < -0.4 is 5.32 Å². The molecule has 0 unspecified atom stereocenters. The molecule has 0 bridgehead atoms. The van der Waals surface area contributed by atoms with Crippen LogP contribution in [0.25, 0.3) is 0 Å². The van der Waals surface area contributed by atoms with Gasteiger partial charge in [-0.15, -0.1) is 12.4 Å². The van der Waals surface area contributed by atoms with Gasteiger partial charge in [-0.25, -0.2) is 9.78 Å². The van der Waals surface area contributed by atoms with Gasteiger partial charge in [0.25, 0.3) is 0 Å². The first-order valence-corrected chi connectivity index (χ1v) is 3.15. The lowest BCUT2D eigenvalue weighted by molar-refractivity contribution is -0.147. The largest absolute Gasteiger partial charge is 0.474 e. The van der Waals surface area contributed by atoms with Crippen molar-refractivity contribution in [1.29, 1.82) is 0 Å². The van der Waals surface area contributed by atoms with E-state index >= 15 is 0 Å². The van der Waals surface area contributed by atoms with Crippen molar-refractivity contribution in [2.24, 2.45) is 0 Å². The van der Waals surface area contributed by atoms with E-state index < -0.39 is 11.9 Å². The van der Waals surface area contributed by atoms with Gasteiger partial charge in [0.2, 0.25) is 0 Å². The molecule has 70 valence electrons. The third kappa shape index (κ3) is 3.53. The number of hydrogen-bond donors (Lipinski definition) is 2. The predicted molar refractivity (Wildman–Crippen MR) is 47.8 cm³/mol. The number of halogens is 1. The highest BCUT2D eigenvalue weighted by Crippen LogP contribution is 1.98. The Morgan fingerprint density at radius 2 is 2.08 bits per heavy atom. The Bertz CT molecular complexity index is 302. The van der Waals surface area contributed by atoms with Gasteiger partial charge < -0.3 is 10.4 Å². The van der Waals surface area contributed by atoms with Gasteiger partial charge in [0, 0.05) is 6.20 Å². The Kier molecular flexibility index (Phi) is 4.47. The van der Waals surface area contributed by atoms with Gasteiger partial charge in [-0.1, -0.05) is 6.07 Å². The fourth-order valence-corrected chi connectivity index (χ4v) is 0.606. The Labute approximate surface area is 80.2 Å². The van der Waals surface area contributed by atoms with Crippen molar-refractivity contribution in [1.82, 2.24) is 4.98 Å². The van der Waals surface area contributed by atoms with E-state index in [2.05, 4.69) is 10.3 Å². The van der Waals surface area contributed by atoms with Crippen molar-refractivity contribution in [2.45, 2.75) is 0 Å². The second-order valence-corrected chi connectivity index (χ2v) is 1.97. The van der Waals surface area contributed by atoms with Gasteiger partial charge in [-0.2, -0.15) is 0 Å². The number of rotatable bonds is 1. The summed E-state index contributed by atoms with van der Waals surface area (Å²) in [6.07, 6.45) is 1.46. The van der Waals surface area contributed by atoms with E-state index in [9.17, 15) is 9.59 Å². The molecule has 0 aliphatic rings. The average molecular weight is 203 g/mol. The number of carboxylic acid groups (broad SMARTS) is 1. The lowest BCUT2D eigenvalue weighted by atomic mass is 10.4. The summed E-state index contributed by atoms with van der Waals surface area (Å²) in [5.41, 5.74) is 0. The van der Waals surface area contributed by atoms with E-state index in [1.165, 1.54) is 12.3 Å². The molecule has 6 heteroatoms. The van der Waals surface area contributed by atoms with Gasteiger partial charge in [0.15, 0.2) is 0 Å². The second kappa shape index (κ2) is 5.10. The first kappa shape index (κ1) is 11.4. The van der Waals surface area contributed by atoms with Gasteiger partial charge in [-0.3, -0.25) is 4.79 Å². The van der Waals surface area contributed by atoms with Crippen molar-refractivity contribution in [3.8, 4) is 0 Å². The van der Waals surface area contributed by atoms with E-state index in [4.69, 9.17) is 5.11 Å². The smallest absolute Gasteiger partial charge is 0.394 e. The zero-order valence-corrected chi connectivity index (χ0v) is 7.25. The number of pyridine rings is 1. The zero-order valence-electron chi connectivity index (χ0n) is 6.43. The number of nitrogens with zero attached hydrogens (tertiary/aromatic N) is 1. The van der Waals surface area contributed by atoms with Crippen LogP contribution in [0.3, 0.4) is 0 Å². The highest BCUT2D eigenvalue weighted by atomic mass is 35.5. The zero-order chi connectivity index (χ0) is 8.97. The molecule has 0 aliphatic heterocycles. The maximum absolute atomic E-state index is 10.6. The highest BCUT2D eigenvalue weighted by Gasteiger charge is 2.10. The molecular formula is C7H7ClN2O3. The van der Waals surface area contributed by atoms with Gasteiger partial charge in [0.05, 0.1) is 0 Å². The number of anilines is 1. The molecular weight excluding hydrogens is 196 g/mol. The first-order chi connectivity index (χ1) is 5.70. The first-order valence-electron chi connectivity index (χ1n) is 3.15. The van der Waals surface area contributed by atoms with E-state index in [1.807, 2.05) is 0 Å². The van der Waals surface area contributed by atoms with Crippen molar-refractivity contribution in [3.63, 3.8) is 0 Å². The Morgan fingerprint density at radius 3 is 2.54 bits per heavy atom. The lowest BCUT2D eigenvalue weighted by Crippen LogP contribution is -2.22. The van der Waals surface area contributed by atoms with Crippen LogP contribution in [0.1, 0.15) is 0 Å². The minimum Gasteiger partial charge on any atom is -0.474 e. The number of amides is 1. The molecule has 1 rings (SSSR count). The Balaban J connectivity index is 0.00000144. The molecule has 5 nitrogen and oxygen atoms in total. The quantitative estimate of drug-likeness (QED) is 0.651. The summed E-state index contributed by atoms with van der Waals surface area (Å²) in [6.45, 7) is 0. The third-order valence-corrected chi connectivity index (χ3v) is 1.10. The van der Waals surface area contributed by atoms with Crippen LogP contribution in [0.2, 0.25) is 0 Å². The van der Waals surface area contributed by atoms with E-state index in [1.54, 1.807) is 12.1 Å². The molecule has 0 saturated heterocycles. The number of carbonyl (C=O) groups is 2. The number of hydrogen-bond acceptors (Lipinski definition) is 3. The number of aliphatic carboxylic acids is 1. The van der Waals surface area contributed by atoms with Gasteiger partial charge in [-0.05, 0) is 12.1 Å². The van der Waals surface area contributed by atoms with Crippen molar-refractivity contribution in [2.75, 3.05) is 5.32 Å². The summed E-state index contributed by atoms with van der Waals surface area (Å²) in [5, 5.41) is 10.3. The lowest BCUT2D eigenvalue weighted by Gasteiger charge is -1.97. The highest BCUT2D eigenvalue weighted by molar-refractivity contribution is 6.36. The van der Waals surface area contributed by atoms with Crippen LogP contribution in [0.4, 0.5) is 5.82 Å². The van der Waals surface area contributed by atoms with E-state index in [-0.39, 0.29) is 18.2 Å². The van der Waals surface area contributed by atoms with Crippen LogP contribution in [-0.4, -0.2) is 22.0 Å². The monoisotopic (exact) mass is 202 g/mol. The summed E-state index contributed by atoms with van der Waals surface area (Å²) < 4.78 is 0. The van der Waals surface area contributed by atoms with Crippen LogP contribution in [0.15, 0.2) is 24.4 Å². The number of nitrogens with one attached hydrogen (secondary N) is 1. The summed E-state index contributed by atoms with van der Waals surface area (Å²) in [5.74, 6) is -2.39. The summed E-state index contributed by atoms with van der Waals surface area (Å²) in [4.78, 5) is 24.3. The van der Waals surface area contributed by atoms with Crippen molar-refractivity contribution in [3.05, 3.63) is 24.4 Å². The number of carbonyl (C=O) groups excluding carboxylic acids is 1. The topological polar surface area (TPSA) is 79.3 Å². The molecule has 1 aromatic heterocycles. The molecule has 0 fully saturated rings. The summed E-state index contributed by atoms with van der Waals surface area (Å²) >= 11 is 0. The SMILES string of the molecule is Cl.O=C(O)C(=O)Nc1ccccn1. The fraction of sp³-hybridized carbons (Fsp3) is 0. The molecule has 1 heterocycles.